The van der Waals surface area contributed by atoms with Crippen LogP contribution in [0, 0.1) is 6.92 Å². The average Bonchev–Trinajstić information content (AvgIpc) is 3.00. The first-order chi connectivity index (χ1) is 9.22. The second-order valence-electron chi connectivity index (χ2n) is 5.11. The van der Waals surface area contributed by atoms with Crippen molar-refractivity contribution in [3.63, 3.8) is 0 Å². The first kappa shape index (κ1) is 12.7. The Morgan fingerprint density at radius 2 is 2.00 bits per heavy atom. The minimum absolute atomic E-state index is 1.06. The summed E-state index contributed by atoms with van der Waals surface area (Å²) in [6, 6.07) is 4.47. The summed E-state index contributed by atoms with van der Waals surface area (Å²) in [4.78, 5) is 12.2. The number of aryl methyl sites for hydroxylation is 2. The normalized spacial score (nSPS) is 17.1. The van der Waals surface area contributed by atoms with Crippen LogP contribution in [0.1, 0.15) is 9.75 Å². The number of hydrogen-bond acceptors (Lipinski definition) is 4. The molecule has 0 spiro atoms. The van der Waals surface area contributed by atoms with Crippen molar-refractivity contribution in [1.82, 2.24) is 14.5 Å². The highest BCUT2D eigenvalue weighted by Gasteiger charge is 2.19. The minimum atomic E-state index is 1.06. The van der Waals surface area contributed by atoms with Gasteiger partial charge in [-0.05, 0) is 19.1 Å². The van der Waals surface area contributed by atoms with Crippen LogP contribution >= 0.6 is 11.3 Å². The molecule has 4 nitrogen and oxygen atoms in total. The van der Waals surface area contributed by atoms with Crippen LogP contribution in [0.2, 0.25) is 0 Å². The molecular formula is C14H20N4S. The maximum Gasteiger partial charge on any atom is 0.205 e. The number of rotatable bonds is 3. The summed E-state index contributed by atoms with van der Waals surface area (Å²) < 4.78 is 2.10. The van der Waals surface area contributed by atoms with Crippen molar-refractivity contribution in [3.8, 4) is 0 Å². The van der Waals surface area contributed by atoms with Gasteiger partial charge in [0.15, 0.2) is 0 Å². The van der Waals surface area contributed by atoms with Crippen LogP contribution in [0.3, 0.4) is 0 Å². The zero-order valence-electron chi connectivity index (χ0n) is 11.5. The lowest BCUT2D eigenvalue weighted by atomic mass is 10.3. The predicted octanol–water partition coefficient (Wildman–Crippen LogP) is 2.11. The Morgan fingerprint density at radius 1 is 1.21 bits per heavy atom. The summed E-state index contributed by atoms with van der Waals surface area (Å²) in [5, 5.41) is 0. The molecule has 0 aromatic carbocycles. The number of aromatic nitrogens is 2. The van der Waals surface area contributed by atoms with Crippen molar-refractivity contribution in [2.24, 2.45) is 7.05 Å². The lowest BCUT2D eigenvalue weighted by molar-refractivity contribution is 0.250. The molecule has 0 amide bonds. The van der Waals surface area contributed by atoms with Crippen LogP contribution in [0.15, 0.2) is 24.5 Å². The molecule has 2 aromatic rings. The Bertz CT molecular complexity index is 537. The van der Waals surface area contributed by atoms with E-state index in [9.17, 15) is 0 Å². The second kappa shape index (κ2) is 5.35. The van der Waals surface area contributed by atoms with Crippen molar-refractivity contribution in [3.05, 3.63) is 34.3 Å². The molecule has 0 radical (unpaired) electrons. The highest BCUT2D eigenvalue weighted by atomic mass is 32.1. The number of thiophene rings is 1. The van der Waals surface area contributed by atoms with Gasteiger partial charge in [-0.2, -0.15) is 0 Å². The zero-order chi connectivity index (χ0) is 13.2. The lowest BCUT2D eigenvalue weighted by Gasteiger charge is -2.35. The van der Waals surface area contributed by atoms with E-state index >= 15 is 0 Å². The van der Waals surface area contributed by atoms with E-state index in [4.69, 9.17) is 0 Å². The quantitative estimate of drug-likeness (QED) is 0.858. The molecule has 0 bridgehead atoms. The third-order valence-corrected chi connectivity index (χ3v) is 4.61. The van der Waals surface area contributed by atoms with Gasteiger partial charge in [-0.15, -0.1) is 11.3 Å². The molecule has 0 aliphatic carbocycles. The van der Waals surface area contributed by atoms with E-state index in [0.29, 0.717) is 0 Å². The smallest absolute Gasteiger partial charge is 0.205 e. The first-order valence-electron chi connectivity index (χ1n) is 6.72. The van der Waals surface area contributed by atoms with Crippen molar-refractivity contribution < 1.29 is 0 Å². The molecule has 5 heteroatoms. The van der Waals surface area contributed by atoms with Crippen LogP contribution in [0.25, 0.3) is 0 Å². The number of anilines is 1. The molecule has 102 valence electrons. The fraction of sp³-hybridized carbons (Fsp3) is 0.500. The average molecular weight is 276 g/mol. The topological polar surface area (TPSA) is 24.3 Å². The van der Waals surface area contributed by atoms with E-state index in [1.54, 1.807) is 0 Å². The van der Waals surface area contributed by atoms with Crippen molar-refractivity contribution in [2.75, 3.05) is 31.1 Å². The summed E-state index contributed by atoms with van der Waals surface area (Å²) in [5.41, 5.74) is 0. The Hall–Kier alpha value is -1.33. The van der Waals surface area contributed by atoms with Gasteiger partial charge in [-0.3, -0.25) is 4.90 Å². The monoisotopic (exact) mass is 276 g/mol. The zero-order valence-corrected chi connectivity index (χ0v) is 12.4. The lowest BCUT2D eigenvalue weighted by Crippen LogP contribution is -2.46. The number of nitrogens with zero attached hydrogens (tertiary/aromatic N) is 4. The Kier molecular flexibility index (Phi) is 3.57. The number of piperazine rings is 1. The molecule has 3 rings (SSSR count). The third-order valence-electron chi connectivity index (χ3n) is 3.63. The van der Waals surface area contributed by atoms with Gasteiger partial charge in [-0.25, -0.2) is 4.98 Å². The highest BCUT2D eigenvalue weighted by molar-refractivity contribution is 7.11. The van der Waals surface area contributed by atoms with Gasteiger partial charge < -0.3 is 9.47 Å². The van der Waals surface area contributed by atoms with Gasteiger partial charge in [0.25, 0.3) is 0 Å². The molecule has 0 unspecified atom stereocenters. The van der Waals surface area contributed by atoms with Crippen LogP contribution in [0.4, 0.5) is 5.95 Å². The molecule has 1 aliphatic heterocycles. The Labute approximate surface area is 118 Å². The molecule has 3 heterocycles. The van der Waals surface area contributed by atoms with Crippen LogP contribution in [-0.4, -0.2) is 40.6 Å². The van der Waals surface area contributed by atoms with Gasteiger partial charge in [0.05, 0.1) is 0 Å². The molecule has 1 saturated heterocycles. The van der Waals surface area contributed by atoms with E-state index in [1.807, 2.05) is 23.7 Å². The third kappa shape index (κ3) is 2.82. The summed E-state index contributed by atoms with van der Waals surface area (Å²) in [5.74, 6) is 1.09. The summed E-state index contributed by atoms with van der Waals surface area (Å²) in [7, 11) is 2.06. The minimum Gasteiger partial charge on any atom is -0.340 e. The molecule has 0 saturated carbocycles. The van der Waals surface area contributed by atoms with Crippen LogP contribution < -0.4 is 4.90 Å². The standard InChI is InChI=1S/C14H20N4S/c1-12-3-4-13(19-12)11-17-7-9-18(10-8-17)14-15-5-6-16(14)2/h3-6H,7-11H2,1-2H3. The number of hydrogen-bond donors (Lipinski definition) is 0. The summed E-state index contributed by atoms with van der Waals surface area (Å²) >= 11 is 1.91. The van der Waals surface area contributed by atoms with Crippen LogP contribution in [-0.2, 0) is 13.6 Å². The maximum absolute atomic E-state index is 4.42. The molecule has 0 N–H and O–H groups in total. The van der Waals surface area contributed by atoms with Gasteiger partial charge in [0, 0.05) is 61.9 Å². The van der Waals surface area contributed by atoms with E-state index in [2.05, 4.69) is 45.5 Å². The molecule has 1 fully saturated rings. The van der Waals surface area contributed by atoms with E-state index in [0.717, 1.165) is 38.7 Å². The van der Waals surface area contributed by atoms with E-state index in [-0.39, 0.29) is 0 Å². The fourth-order valence-electron chi connectivity index (χ4n) is 2.56. The van der Waals surface area contributed by atoms with Crippen molar-refractivity contribution in [2.45, 2.75) is 13.5 Å². The van der Waals surface area contributed by atoms with E-state index < -0.39 is 0 Å². The SMILES string of the molecule is Cc1ccc(CN2CCN(c3nccn3C)CC2)s1. The molecule has 2 aromatic heterocycles. The summed E-state index contributed by atoms with van der Waals surface area (Å²) in [6.07, 6.45) is 3.88. The largest absolute Gasteiger partial charge is 0.340 e. The molecule has 19 heavy (non-hydrogen) atoms. The van der Waals surface area contributed by atoms with Crippen LogP contribution in [0.5, 0.6) is 0 Å². The second-order valence-corrected chi connectivity index (χ2v) is 6.49. The Morgan fingerprint density at radius 3 is 2.58 bits per heavy atom. The first-order valence-corrected chi connectivity index (χ1v) is 7.54. The predicted molar refractivity (Wildman–Crippen MR) is 79.8 cm³/mol. The molecule has 1 aliphatic rings. The van der Waals surface area contributed by atoms with Crippen molar-refractivity contribution >= 4 is 17.3 Å². The van der Waals surface area contributed by atoms with Gasteiger partial charge >= 0.3 is 0 Å². The van der Waals surface area contributed by atoms with Gasteiger partial charge in [-0.1, -0.05) is 0 Å². The van der Waals surface area contributed by atoms with E-state index in [1.165, 1.54) is 9.75 Å². The molecule has 0 atom stereocenters. The summed E-state index contributed by atoms with van der Waals surface area (Å²) in [6.45, 7) is 7.62. The van der Waals surface area contributed by atoms with Crippen molar-refractivity contribution in [1.29, 1.82) is 0 Å². The number of imidazole rings is 1. The van der Waals surface area contributed by atoms with Gasteiger partial charge in [0.2, 0.25) is 5.95 Å². The maximum atomic E-state index is 4.42. The Balaban J connectivity index is 1.56. The highest BCUT2D eigenvalue weighted by Crippen LogP contribution is 2.19. The van der Waals surface area contributed by atoms with Gasteiger partial charge in [0.1, 0.15) is 0 Å². The molecular weight excluding hydrogens is 256 g/mol. The fourth-order valence-corrected chi connectivity index (χ4v) is 3.49.